The van der Waals surface area contributed by atoms with Crippen molar-refractivity contribution in [3.05, 3.63) is 34.7 Å². The molecule has 1 aromatic rings. The second-order valence-corrected chi connectivity index (χ2v) is 7.07. The average molecular weight is 360 g/mol. The van der Waals surface area contributed by atoms with Crippen LogP contribution in [-0.4, -0.2) is 34.8 Å². The molecule has 7 heteroatoms. The summed E-state index contributed by atoms with van der Waals surface area (Å²) >= 11 is 1.37. The molecule has 0 atom stereocenters. The molecule has 1 heterocycles. The first-order chi connectivity index (χ1) is 12.1. The molecule has 2 aliphatic rings. The summed E-state index contributed by atoms with van der Waals surface area (Å²) in [7, 11) is 0. The lowest BCUT2D eigenvalue weighted by molar-refractivity contribution is -0.139. The maximum absolute atomic E-state index is 12.1. The van der Waals surface area contributed by atoms with Gasteiger partial charge in [0.1, 0.15) is 5.75 Å². The maximum atomic E-state index is 12.1. The van der Waals surface area contributed by atoms with E-state index >= 15 is 0 Å². The number of nitrogens with zero attached hydrogens (tertiary/aromatic N) is 1. The van der Waals surface area contributed by atoms with Crippen molar-refractivity contribution in [3.63, 3.8) is 0 Å². The number of aliphatic imine (C=N–C) groups is 1. The van der Waals surface area contributed by atoms with E-state index in [1.807, 2.05) is 0 Å². The lowest BCUT2D eigenvalue weighted by atomic mass is 9.96. The summed E-state index contributed by atoms with van der Waals surface area (Å²) in [4.78, 5) is 27.9. The van der Waals surface area contributed by atoms with Gasteiger partial charge < -0.3 is 15.2 Å². The fourth-order valence-electron chi connectivity index (χ4n) is 2.82. The number of amidine groups is 1. The van der Waals surface area contributed by atoms with Crippen LogP contribution in [0.3, 0.4) is 0 Å². The summed E-state index contributed by atoms with van der Waals surface area (Å²) in [5, 5.41) is 12.1. The zero-order valence-electron chi connectivity index (χ0n) is 13.7. The largest absolute Gasteiger partial charge is 0.482 e. The van der Waals surface area contributed by atoms with E-state index in [0.29, 0.717) is 21.9 Å². The topological polar surface area (TPSA) is 88.0 Å². The number of carbonyl (C=O) groups is 2. The molecule has 1 saturated heterocycles. The molecule has 0 aromatic heterocycles. The lowest BCUT2D eigenvalue weighted by Gasteiger charge is -2.17. The fraction of sp³-hybridized carbons (Fsp3) is 0.389. The van der Waals surface area contributed by atoms with Gasteiger partial charge >= 0.3 is 5.97 Å². The van der Waals surface area contributed by atoms with Crippen molar-refractivity contribution < 1.29 is 19.4 Å². The van der Waals surface area contributed by atoms with Crippen molar-refractivity contribution >= 4 is 34.9 Å². The van der Waals surface area contributed by atoms with Crippen molar-refractivity contribution in [3.8, 4) is 5.75 Å². The van der Waals surface area contributed by atoms with Crippen molar-refractivity contribution in [2.75, 3.05) is 6.61 Å². The molecule has 132 valence electrons. The Bertz CT molecular complexity index is 706. The van der Waals surface area contributed by atoms with Gasteiger partial charge in [-0.3, -0.25) is 9.79 Å². The van der Waals surface area contributed by atoms with E-state index in [-0.39, 0.29) is 12.5 Å². The molecule has 1 amide bonds. The second kappa shape index (κ2) is 8.20. The number of carbonyl (C=O) groups excluding carboxylic acids is 1. The summed E-state index contributed by atoms with van der Waals surface area (Å²) in [6.07, 6.45) is 7.67. The van der Waals surface area contributed by atoms with E-state index in [4.69, 9.17) is 9.84 Å². The number of aliphatic carboxylic acids is 1. The van der Waals surface area contributed by atoms with E-state index in [1.165, 1.54) is 31.0 Å². The van der Waals surface area contributed by atoms with Gasteiger partial charge in [0.15, 0.2) is 11.8 Å². The van der Waals surface area contributed by atoms with Crippen LogP contribution >= 0.6 is 11.8 Å². The molecular formula is C18H20N2O4S. The van der Waals surface area contributed by atoms with Crippen molar-refractivity contribution in [2.24, 2.45) is 4.99 Å². The molecule has 2 N–H and O–H groups in total. The molecular weight excluding hydrogens is 340 g/mol. The number of thioether (sulfide) groups is 1. The van der Waals surface area contributed by atoms with Crippen LogP contribution in [0.4, 0.5) is 0 Å². The first-order valence-electron chi connectivity index (χ1n) is 8.33. The van der Waals surface area contributed by atoms with Gasteiger partial charge in [0.05, 0.1) is 10.9 Å². The van der Waals surface area contributed by atoms with Crippen LogP contribution in [0.1, 0.15) is 37.7 Å². The molecule has 3 rings (SSSR count). The van der Waals surface area contributed by atoms with Gasteiger partial charge in [-0.15, -0.1) is 0 Å². The number of hydrogen-bond acceptors (Lipinski definition) is 5. The smallest absolute Gasteiger partial charge is 0.341 e. The molecule has 6 nitrogen and oxygen atoms in total. The number of ether oxygens (including phenoxy) is 1. The first kappa shape index (κ1) is 17.5. The number of amides is 1. The van der Waals surface area contributed by atoms with Gasteiger partial charge in [-0.1, -0.05) is 31.4 Å². The summed E-state index contributed by atoms with van der Waals surface area (Å²) in [5.74, 6) is -0.673. The fourth-order valence-corrected chi connectivity index (χ4v) is 3.71. The SMILES string of the molecule is O=C(O)COc1ccc(/C=C2\SC(=NC3CCCCC3)NC2=O)cc1. The second-order valence-electron chi connectivity index (χ2n) is 6.04. The van der Waals surface area contributed by atoms with Crippen LogP contribution < -0.4 is 10.1 Å². The average Bonchev–Trinajstić information content (AvgIpc) is 2.94. The molecule has 0 bridgehead atoms. The van der Waals surface area contributed by atoms with Gasteiger partial charge in [0.2, 0.25) is 0 Å². The van der Waals surface area contributed by atoms with E-state index in [9.17, 15) is 9.59 Å². The molecule has 1 aliphatic carbocycles. The van der Waals surface area contributed by atoms with Crippen LogP contribution in [0, 0.1) is 0 Å². The molecule has 2 fully saturated rings. The van der Waals surface area contributed by atoms with Gasteiger partial charge in [0.25, 0.3) is 5.91 Å². The molecule has 0 unspecified atom stereocenters. The Morgan fingerprint density at radius 2 is 2.00 bits per heavy atom. The number of nitrogens with one attached hydrogen (secondary N) is 1. The van der Waals surface area contributed by atoms with E-state index in [1.54, 1.807) is 30.3 Å². The highest BCUT2D eigenvalue weighted by Crippen LogP contribution is 2.29. The number of rotatable bonds is 5. The highest BCUT2D eigenvalue weighted by molar-refractivity contribution is 8.18. The molecule has 1 saturated carbocycles. The monoisotopic (exact) mass is 360 g/mol. The number of benzene rings is 1. The van der Waals surface area contributed by atoms with Crippen molar-refractivity contribution in [2.45, 2.75) is 38.1 Å². The van der Waals surface area contributed by atoms with Crippen LogP contribution in [0.25, 0.3) is 6.08 Å². The maximum Gasteiger partial charge on any atom is 0.341 e. The van der Waals surface area contributed by atoms with Gasteiger partial charge in [-0.2, -0.15) is 0 Å². The number of hydrogen-bond donors (Lipinski definition) is 2. The third-order valence-electron chi connectivity index (χ3n) is 4.07. The van der Waals surface area contributed by atoms with Crippen LogP contribution in [0.15, 0.2) is 34.2 Å². The van der Waals surface area contributed by atoms with Crippen molar-refractivity contribution in [1.29, 1.82) is 0 Å². The minimum Gasteiger partial charge on any atom is -0.482 e. The predicted octanol–water partition coefficient (Wildman–Crippen LogP) is 3.04. The molecule has 1 aliphatic heterocycles. The number of carboxylic acid groups (broad SMARTS) is 1. The van der Waals surface area contributed by atoms with Gasteiger partial charge in [0, 0.05) is 0 Å². The third kappa shape index (κ3) is 5.09. The predicted molar refractivity (Wildman–Crippen MR) is 97.6 cm³/mol. The summed E-state index contributed by atoms with van der Waals surface area (Å²) in [6, 6.07) is 7.26. The Morgan fingerprint density at radius 1 is 1.28 bits per heavy atom. The van der Waals surface area contributed by atoms with Crippen LogP contribution in [0.5, 0.6) is 5.75 Å². The Labute approximate surface area is 150 Å². The minimum atomic E-state index is -1.02. The van der Waals surface area contributed by atoms with Crippen LogP contribution in [0.2, 0.25) is 0 Å². The zero-order chi connectivity index (χ0) is 17.6. The standard InChI is InChI=1S/C18H20N2O4S/c21-16(22)11-24-14-8-6-12(7-9-14)10-15-17(23)20-18(25-15)19-13-4-2-1-3-5-13/h6-10,13H,1-5,11H2,(H,21,22)(H,19,20,23)/b15-10-. The minimum absolute atomic E-state index is 0.134. The Kier molecular flexibility index (Phi) is 5.75. The van der Waals surface area contributed by atoms with E-state index < -0.39 is 5.97 Å². The quantitative estimate of drug-likeness (QED) is 0.788. The Morgan fingerprint density at radius 3 is 2.68 bits per heavy atom. The third-order valence-corrected chi connectivity index (χ3v) is 4.99. The normalized spacial score (nSPS) is 21.5. The molecule has 1 aromatic carbocycles. The highest BCUT2D eigenvalue weighted by Gasteiger charge is 2.25. The highest BCUT2D eigenvalue weighted by atomic mass is 32.2. The molecule has 0 radical (unpaired) electrons. The summed E-state index contributed by atoms with van der Waals surface area (Å²) < 4.78 is 5.09. The number of carboxylic acids is 1. The zero-order valence-corrected chi connectivity index (χ0v) is 14.6. The van der Waals surface area contributed by atoms with E-state index in [0.717, 1.165) is 18.4 Å². The molecule has 25 heavy (non-hydrogen) atoms. The lowest BCUT2D eigenvalue weighted by Crippen LogP contribution is -2.22. The van der Waals surface area contributed by atoms with Gasteiger partial charge in [-0.05, 0) is 48.4 Å². The van der Waals surface area contributed by atoms with Crippen molar-refractivity contribution in [1.82, 2.24) is 5.32 Å². The molecule has 0 spiro atoms. The van der Waals surface area contributed by atoms with Gasteiger partial charge in [-0.25, -0.2) is 4.79 Å². The first-order valence-corrected chi connectivity index (χ1v) is 9.15. The Hall–Kier alpha value is -2.28. The van der Waals surface area contributed by atoms with Crippen LogP contribution in [-0.2, 0) is 9.59 Å². The summed E-state index contributed by atoms with van der Waals surface area (Å²) in [6.45, 7) is -0.375. The van der Waals surface area contributed by atoms with E-state index in [2.05, 4.69) is 10.3 Å². The summed E-state index contributed by atoms with van der Waals surface area (Å²) in [5.41, 5.74) is 0.847. The Balaban J connectivity index is 1.63.